The number of amides is 1. The molecule has 0 aromatic carbocycles. The zero-order valence-electron chi connectivity index (χ0n) is 42.0. The third-order valence-corrected chi connectivity index (χ3v) is 13.6. The Labute approximate surface area is 374 Å². The van der Waals surface area contributed by atoms with Gasteiger partial charge in [0.15, 0.2) is 0 Å². The Balaban J connectivity index is 5.17. The monoisotopic (exact) mass is 831 g/mol. The van der Waals surface area contributed by atoms with Gasteiger partial charge in [-0.1, -0.05) is 291 Å². The molecule has 0 fully saturated rings. The fourth-order valence-electron chi connectivity index (χ4n) is 9.45. The van der Waals surface area contributed by atoms with E-state index in [1.165, 1.54) is 283 Å². The number of rotatable bonds is 51. The molecule has 0 aliphatic carbocycles. The molecule has 0 aliphatic rings. The molecule has 0 aromatic rings. The van der Waals surface area contributed by atoms with Crippen LogP contribution in [0.25, 0.3) is 0 Å². The smallest absolute Gasteiger partial charge is 0.239 e. The van der Waals surface area contributed by atoms with Gasteiger partial charge in [0.2, 0.25) is 5.91 Å². The fourth-order valence-corrected chi connectivity index (χ4v) is 9.45. The molecule has 3 heteroatoms. The second-order valence-electron chi connectivity index (χ2n) is 19.4. The first-order valence-electron chi connectivity index (χ1n) is 28.2. The molecule has 0 aliphatic heterocycles. The predicted molar refractivity (Wildman–Crippen MR) is 268 cm³/mol. The van der Waals surface area contributed by atoms with Crippen LogP contribution in [0.3, 0.4) is 0 Å². The molecule has 0 saturated carbocycles. The molecule has 0 N–H and O–H groups in total. The molecule has 0 heterocycles. The first-order chi connectivity index (χ1) is 29.2. The summed E-state index contributed by atoms with van der Waals surface area (Å²) in [7, 11) is 0. The van der Waals surface area contributed by atoms with E-state index in [4.69, 9.17) is 0 Å². The third kappa shape index (κ3) is 41.2. The minimum Gasteiger partial charge on any atom is -0.341 e. The summed E-state index contributed by atoms with van der Waals surface area (Å²) in [6.07, 6.45) is 61.5. The van der Waals surface area contributed by atoms with E-state index in [0.29, 0.717) is 5.91 Å². The average Bonchev–Trinajstić information content (AvgIpc) is 3.24. The third-order valence-electron chi connectivity index (χ3n) is 13.6. The van der Waals surface area contributed by atoms with Crippen LogP contribution in [0.5, 0.6) is 0 Å². The van der Waals surface area contributed by atoms with Crippen molar-refractivity contribution in [2.75, 3.05) is 26.2 Å². The number of hydrogen-bond acceptors (Lipinski definition) is 2. The molecule has 3 nitrogen and oxygen atoms in total. The van der Waals surface area contributed by atoms with Crippen molar-refractivity contribution in [1.29, 1.82) is 0 Å². The molecule has 354 valence electrons. The molecule has 0 spiro atoms. The first kappa shape index (κ1) is 58.4. The topological polar surface area (TPSA) is 23.6 Å². The second kappa shape index (κ2) is 50.1. The van der Waals surface area contributed by atoms with Crippen molar-refractivity contribution in [2.45, 2.75) is 330 Å². The van der Waals surface area contributed by atoms with Gasteiger partial charge in [-0.05, 0) is 45.2 Å². The molecule has 0 rings (SSSR count). The Morgan fingerprint density at radius 2 is 0.458 bits per heavy atom. The summed E-state index contributed by atoms with van der Waals surface area (Å²) in [5.41, 5.74) is 0. The summed E-state index contributed by atoms with van der Waals surface area (Å²) in [5.74, 6) is 0.470. The lowest BCUT2D eigenvalue weighted by molar-refractivity contribution is -0.137. The van der Waals surface area contributed by atoms with E-state index in [0.717, 1.165) is 32.6 Å². The van der Waals surface area contributed by atoms with Gasteiger partial charge in [-0.3, -0.25) is 9.69 Å². The number of carbonyl (C=O) groups is 1. The summed E-state index contributed by atoms with van der Waals surface area (Å²) >= 11 is 0. The van der Waals surface area contributed by atoms with E-state index >= 15 is 0 Å². The zero-order valence-corrected chi connectivity index (χ0v) is 42.0. The van der Waals surface area contributed by atoms with Gasteiger partial charge < -0.3 is 4.90 Å². The SMILES string of the molecule is CCCCCCCCCCCCCN(CCCCCCCCCCCCC)C(=O)C(CC)N(CCCCCCCCCCCCC)CCCCCCCCCCCCC. The molecule has 0 saturated heterocycles. The van der Waals surface area contributed by atoms with E-state index in [2.05, 4.69) is 44.4 Å². The summed E-state index contributed by atoms with van der Waals surface area (Å²) in [4.78, 5) is 19.7. The molecule has 1 amide bonds. The van der Waals surface area contributed by atoms with Crippen molar-refractivity contribution in [3.05, 3.63) is 0 Å². The lowest BCUT2D eigenvalue weighted by Gasteiger charge is -2.35. The maximum Gasteiger partial charge on any atom is 0.239 e. The van der Waals surface area contributed by atoms with Gasteiger partial charge in [0.25, 0.3) is 0 Å². The highest BCUT2D eigenvalue weighted by Crippen LogP contribution is 2.19. The number of hydrogen-bond donors (Lipinski definition) is 0. The Hall–Kier alpha value is -0.570. The molecule has 0 bridgehead atoms. The van der Waals surface area contributed by atoms with E-state index in [1.807, 2.05) is 0 Å². The maximum absolute atomic E-state index is 14.6. The molecule has 59 heavy (non-hydrogen) atoms. The lowest BCUT2D eigenvalue weighted by Crippen LogP contribution is -2.49. The van der Waals surface area contributed by atoms with Crippen LogP contribution in [0.15, 0.2) is 0 Å². The Bertz CT molecular complexity index is 732. The zero-order chi connectivity index (χ0) is 43.0. The average molecular weight is 832 g/mol. The van der Waals surface area contributed by atoms with E-state index < -0.39 is 0 Å². The van der Waals surface area contributed by atoms with Crippen molar-refractivity contribution in [3.8, 4) is 0 Å². The van der Waals surface area contributed by atoms with Gasteiger partial charge in [-0.15, -0.1) is 0 Å². The van der Waals surface area contributed by atoms with E-state index in [9.17, 15) is 4.79 Å². The van der Waals surface area contributed by atoms with E-state index in [1.54, 1.807) is 0 Å². The molecular weight excluding hydrogens is 717 g/mol. The Morgan fingerprint density at radius 1 is 0.271 bits per heavy atom. The van der Waals surface area contributed by atoms with Crippen LogP contribution in [-0.2, 0) is 4.79 Å². The number of unbranched alkanes of at least 4 members (excludes halogenated alkanes) is 40. The maximum atomic E-state index is 14.6. The van der Waals surface area contributed by atoms with Crippen LogP contribution in [0.4, 0.5) is 0 Å². The van der Waals surface area contributed by atoms with Gasteiger partial charge in [0.1, 0.15) is 0 Å². The largest absolute Gasteiger partial charge is 0.341 e. The second-order valence-corrected chi connectivity index (χ2v) is 19.4. The van der Waals surface area contributed by atoms with Gasteiger partial charge >= 0.3 is 0 Å². The molecule has 1 atom stereocenters. The van der Waals surface area contributed by atoms with Crippen LogP contribution in [-0.4, -0.2) is 47.9 Å². The Kier molecular flexibility index (Phi) is 49.6. The van der Waals surface area contributed by atoms with Crippen molar-refractivity contribution in [1.82, 2.24) is 9.80 Å². The fraction of sp³-hybridized carbons (Fsp3) is 0.982. The minimum atomic E-state index is 0.0710. The molecular formula is C56H114N2O. The highest BCUT2D eigenvalue weighted by Gasteiger charge is 2.28. The van der Waals surface area contributed by atoms with Crippen molar-refractivity contribution >= 4 is 5.91 Å². The van der Waals surface area contributed by atoms with Crippen LogP contribution >= 0.6 is 0 Å². The number of nitrogens with zero attached hydrogens (tertiary/aromatic N) is 2. The van der Waals surface area contributed by atoms with Crippen LogP contribution in [0, 0.1) is 0 Å². The van der Waals surface area contributed by atoms with Gasteiger partial charge in [0, 0.05) is 13.1 Å². The highest BCUT2D eigenvalue weighted by atomic mass is 16.2. The molecule has 1 unspecified atom stereocenters. The van der Waals surface area contributed by atoms with Gasteiger partial charge in [-0.2, -0.15) is 0 Å². The van der Waals surface area contributed by atoms with Crippen molar-refractivity contribution < 1.29 is 4.79 Å². The normalized spacial score (nSPS) is 12.2. The standard InChI is InChI=1S/C56H114N2O/c1-6-11-15-19-23-27-31-35-39-43-47-51-57(52-48-44-40-36-32-28-24-20-16-12-7-2)55(10-5)56(59)58(53-49-45-41-37-33-29-25-21-17-13-8-3)54-50-46-42-38-34-30-26-22-18-14-9-4/h55H,6-54H2,1-5H3. The molecule has 0 radical (unpaired) electrons. The first-order valence-corrected chi connectivity index (χ1v) is 28.2. The predicted octanol–water partition coefficient (Wildman–Crippen LogP) is 19.1. The highest BCUT2D eigenvalue weighted by molar-refractivity contribution is 5.81. The van der Waals surface area contributed by atoms with E-state index in [-0.39, 0.29) is 6.04 Å². The van der Waals surface area contributed by atoms with Crippen LogP contribution in [0.2, 0.25) is 0 Å². The van der Waals surface area contributed by atoms with Crippen LogP contribution in [0.1, 0.15) is 324 Å². The molecule has 0 aromatic heterocycles. The van der Waals surface area contributed by atoms with Gasteiger partial charge in [0.05, 0.1) is 6.04 Å². The summed E-state index contributed by atoms with van der Waals surface area (Å²) < 4.78 is 0. The Morgan fingerprint density at radius 3 is 0.661 bits per heavy atom. The van der Waals surface area contributed by atoms with Crippen molar-refractivity contribution in [3.63, 3.8) is 0 Å². The summed E-state index contributed by atoms with van der Waals surface area (Å²) in [5, 5.41) is 0. The lowest BCUT2D eigenvalue weighted by atomic mass is 10.0. The minimum absolute atomic E-state index is 0.0710. The van der Waals surface area contributed by atoms with Crippen LogP contribution < -0.4 is 0 Å². The van der Waals surface area contributed by atoms with Crippen molar-refractivity contribution in [2.24, 2.45) is 0 Å². The quantitative estimate of drug-likeness (QED) is 0.0570. The summed E-state index contributed by atoms with van der Waals surface area (Å²) in [6.45, 7) is 15.7. The van der Waals surface area contributed by atoms with Gasteiger partial charge in [-0.25, -0.2) is 0 Å². The summed E-state index contributed by atoms with van der Waals surface area (Å²) in [6, 6.07) is 0.0710. The number of carbonyl (C=O) groups excluding carboxylic acids is 1.